The van der Waals surface area contributed by atoms with Gasteiger partial charge in [-0.3, -0.25) is 4.79 Å². The average Bonchev–Trinajstić information content (AvgIpc) is 0.690. The highest BCUT2D eigenvalue weighted by Crippen LogP contribution is 2.76. The first-order valence-corrected chi connectivity index (χ1v) is 30.4. The molecule has 5 heterocycles. The first-order valence-electron chi connectivity index (χ1n) is 30.4. The quantitative estimate of drug-likeness (QED) is 0.0466. The molecule has 5 aliphatic heterocycles. The van der Waals surface area contributed by atoms with Crippen LogP contribution in [0.3, 0.4) is 0 Å². The minimum absolute atomic E-state index is 0.104. The molecule has 0 aromatic heterocycles. The summed E-state index contributed by atoms with van der Waals surface area (Å²) < 4.78 is 58.7. The van der Waals surface area contributed by atoms with E-state index in [0.29, 0.717) is 32.1 Å². The van der Waals surface area contributed by atoms with Crippen LogP contribution in [0.5, 0.6) is 0 Å². The number of hydrogen-bond donors (Lipinski definition) is 17. The molecule has 34 unspecified atom stereocenters. The summed E-state index contributed by atoms with van der Waals surface area (Å²) in [6.07, 6.45) is -36.6. The normalized spacial score (nSPS) is 55.6. The number of esters is 1. The molecule has 28 nitrogen and oxygen atoms in total. The van der Waals surface area contributed by atoms with Crippen LogP contribution in [0.2, 0.25) is 0 Å². The largest absolute Gasteiger partial charge is 0.432 e. The van der Waals surface area contributed by atoms with Crippen molar-refractivity contribution in [3.63, 3.8) is 0 Å². The van der Waals surface area contributed by atoms with Gasteiger partial charge in [0.25, 0.3) is 0 Å². The van der Waals surface area contributed by atoms with Crippen LogP contribution in [-0.4, -0.2) is 285 Å². The van der Waals surface area contributed by atoms with Gasteiger partial charge in [0.15, 0.2) is 31.3 Å². The third-order valence-electron chi connectivity index (χ3n) is 22.8. The maximum Gasteiger partial charge on any atom is 0.317 e. The molecular weight excluding hydrogens is 1140 g/mol. The minimum atomic E-state index is -1.92. The SMILES string of the molecule is CC1OC(OC2C(OC(=O)C34CCC(C)(C)CC3C3=CCC5C6(C)CC(O)C(OC7OC(COC8OC(CO)C(O)C(O)C8O)C(O)C(O)C7O)C(C)(CO)C6CCC5(C)C3(C)CC4O)OCC(O)C2O)C(O)C(O)C1OC1OCC(O)C(O)C1O. The lowest BCUT2D eigenvalue weighted by Gasteiger charge is -2.72. The van der Waals surface area contributed by atoms with Crippen molar-refractivity contribution in [2.45, 2.75) is 259 Å². The van der Waals surface area contributed by atoms with Gasteiger partial charge < -0.3 is 134 Å². The standard InChI is InChI=1S/C58H94O28/c1-22-44(83-48-40(72)33(65)26(62)18-77-48)39(71)43(75)49(80-22)84-45-34(66)27(63)19-78-51(45)86-52(76)58-13-12-53(2,3)14-24(58)23-8-9-31-54(4)15-25(61)46(55(5,21-60)30(54)10-11-56(31,6)57(23,7)16-32(58)64)85-50-42(74)38(70)36(68)29(82-50)20-79-47-41(73)37(69)35(67)28(17-59)81-47/h8,22,24-51,59-75H,9-21H2,1-7H3. The van der Waals surface area contributed by atoms with Crippen molar-refractivity contribution in [2.24, 2.45) is 50.2 Å². The highest BCUT2D eigenvalue weighted by atomic mass is 16.8. The number of ether oxygens (including phenoxy) is 10. The third kappa shape index (κ3) is 11.0. The molecule has 0 aromatic carbocycles. The van der Waals surface area contributed by atoms with Gasteiger partial charge in [0.1, 0.15) is 103 Å². The molecule has 0 bridgehead atoms. The van der Waals surface area contributed by atoms with Crippen molar-refractivity contribution in [2.75, 3.05) is 33.0 Å². The summed E-state index contributed by atoms with van der Waals surface area (Å²) >= 11 is 0. The second-order valence-corrected chi connectivity index (χ2v) is 28.3. The third-order valence-corrected chi connectivity index (χ3v) is 22.8. The van der Waals surface area contributed by atoms with Crippen LogP contribution in [0.4, 0.5) is 0 Å². The molecule has 17 N–H and O–H groups in total. The molecule has 28 heteroatoms. The average molecular weight is 1240 g/mol. The second-order valence-electron chi connectivity index (χ2n) is 28.3. The summed E-state index contributed by atoms with van der Waals surface area (Å²) in [5.74, 6) is -1.98. The number of fused-ring (bicyclic) bond motifs is 7. The Labute approximate surface area is 498 Å². The van der Waals surface area contributed by atoms with Gasteiger partial charge in [-0.1, -0.05) is 53.2 Å². The molecule has 34 atom stereocenters. The highest BCUT2D eigenvalue weighted by Gasteiger charge is 2.73. The smallest absolute Gasteiger partial charge is 0.317 e. The van der Waals surface area contributed by atoms with Crippen molar-refractivity contribution in [3.8, 4) is 0 Å². The van der Waals surface area contributed by atoms with Crippen LogP contribution >= 0.6 is 0 Å². The summed E-state index contributed by atoms with van der Waals surface area (Å²) in [5, 5.41) is 187. The van der Waals surface area contributed by atoms with Crippen LogP contribution in [0.25, 0.3) is 0 Å². The molecule has 10 rings (SSSR count). The van der Waals surface area contributed by atoms with Crippen LogP contribution in [0, 0.1) is 50.2 Å². The highest BCUT2D eigenvalue weighted by molar-refractivity contribution is 5.80. The summed E-state index contributed by atoms with van der Waals surface area (Å²) in [6, 6.07) is 0. The topological polar surface area (TPSA) is 453 Å². The van der Waals surface area contributed by atoms with E-state index < -0.39 is 232 Å². The molecule has 86 heavy (non-hydrogen) atoms. The van der Waals surface area contributed by atoms with E-state index in [4.69, 9.17) is 47.4 Å². The first kappa shape index (κ1) is 67.1. The summed E-state index contributed by atoms with van der Waals surface area (Å²) in [6.45, 7) is 11.1. The van der Waals surface area contributed by atoms with Crippen molar-refractivity contribution < 1.29 is 139 Å². The molecular formula is C58H94O28. The Bertz CT molecular complexity index is 2410. The molecule has 10 aliphatic rings. The van der Waals surface area contributed by atoms with E-state index in [-0.39, 0.29) is 36.5 Å². The van der Waals surface area contributed by atoms with Gasteiger partial charge in [0.05, 0.1) is 57.5 Å². The lowest BCUT2D eigenvalue weighted by Crippen LogP contribution is -2.70. The number of aliphatic hydroxyl groups is 17. The molecule has 5 saturated heterocycles. The number of carbonyl (C=O) groups excluding carboxylic acids is 1. The monoisotopic (exact) mass is 1240 g/mol. The van der Waals surface area contributed by atoms with E-state index >= 15 is 4.79 Å². The minimum Gasteiger partial charge on any atom is -0.432 e. The molecule has 5 aliphatic carbocycles. The fourth-order valence-electron chi connectivity index (χ4n) is 17.5. The van der Waals surface area contributed by atoms with E-state index in [0.717, 1.165) is 5.57 Å². The summed E-state index contributed by atoms with van der Waals surface area (Å²) in [5.41, 5.74) is -4.25. The van der Waals surface area contributed by atoms with Crippen molar-refractivity contribution in [1.29, 1.82) is 0 Å². The van der Waals surface area contributed by atoms with Crippen LogP contribution in [0.1, 0.15) is 99.8 Å². The predicted molar refractivity (Wildman–Crippen MR) is 286 cm³/mol. The van der Waals surface area contributed by atoms with Gasteiger partial charge in [-0.15, -0.1) is 0 Å². The predicted octanol–water partition coefficient (Wildman–Crippen LogP) is -4.99. The number of hydrogen-bond acceptors (Lipinski definition) is 28. The molecule has 0 aromatic rings. The maximum atomic E-state index is 15.4. The van der Waals surface area contributed by atoms with Crippen molar-refractivity contribution >= 4 is 5.97 Å². The summed E-state index contributed by atoms with van der Waals surface area (Å²) in [4.78, 5) is 15.4. The molecule has 0 amide bonds. The number of allylic oxidation sites excluding steroid dienone is 2. The van der Waals surface area contributed by atoms with E-state index in [9.17, 15) is 86.8 Å². The van der Waals surface area contributed by atoms with Gasteiger partial charge in [0.2, 0.25) is 6.29 Å². The fourth-order valence-corrected chi connectivity index (χ4v) is 17.5. The van der Waals surface area contributed by atoms with Crippen molar-refractivity contribution in [1.82, 2.24) is 0 Å². The van der Waals surface area contributed by atoms with Gasteiger partial charge in [-0.05, 0) is 97.7 Å². The summed E-state index contributed by atoms with van der Waals surface area (Å²) in [7, 11) is 0. The van der Waals surface area contributed by atoms with E-state index in [1.54, 1.807) is 6.92 Å². The number of aliphatic hydroxyl groups excluding tert-OH is 17. The lowest BCUT2D eigenvalue weighted by atomic mass is 9.33. The first-order chi connectivity index (χ1) is 40.2. The molecule has 494 valence electrons. The van der Waals surface area contributed by atoms with Gasteiger partial charge in [-0.2, -0.15) is 0 Å². The second kappa shape index (κ2) is 24.6. The maximum absolute atomic E-state index is 15.4. The molecule has 0 spiro atoms. The van der Waals surface area contributed by atoms with Crippen LogP contribution in [-0.2, 0) is 52.2 Å². The number of rotatable bonds is 13. The number of carbonyl (C=O) groups is 1. The van der Waals surface area contributed by atoms with Crippen molar-refractivity contribution in [3.05, 3.63) is 11.6 Å². The van der Waals surface area contributed by atoms with Gasteiger partial charge in [-0.25, -0.2) is 0 Å². The van der Waals surface area contributed by atoms with Gasteiger partial charge in [0, 0.05) is 5.41 Å². The Morgan fingerprint density at radius 1 is 0.570 bits per heavy atom. The van der Waals surface area contributed by atoms with E-state index in [1.807, 2.05) is 0 Å². The van der Waals surface area contributed by atoms with E-state index in [2.05, 4.69) is 40.7 Å². The molecule has 4 saturated carbocycles. The van der Waals surface area contributed by atoms with Gasteiger partial charge >= 0.3 is 5.97 Å². The van der Waals surface area contributed by atoms with Crippen LogP contribution in [0.15, 0.2) is 11.6 Å². The zero-order chi connectivity index (χ0) is 62.9. The zero-order valence-corrected chi connectivity index (χ0v) is 49.6. The zero-order valence-electron chi connectivity index (χ0n) is 49.6. The Hall–Kier alpha value is -1.83. The molecule has 9 fully saturated rings. The Kier molecular flexibility index (Phi) is 19.2. The van der Waals surface area contributed by atoms with E-state index in [1.165, 1.54) is 6.92 Å². The Morgan fingerprint density at radius 2 is 1.15 bits per heavy atom. The Morgan fingerprint density at radius 3 is 1.81 bits per heavy atom. The van der Waals surface area contributed by atoms with Crippen LogP contribution < -0.4 is 0 Å². The Balaban J connectivity index is 0.866. The molecule has 0 radical (unpaired) electrons. The fraction of sp³-hybridized carbons (Fsp3) is 0.948. The lowest BCUT2D eigenvalue weighted by molar-refractivity contribution is -0.369.